The van der Waals surface area contributed by atoms with Gasteiger partial charge in [0.2, 0.25) is 0 Å². The van der Waals surface area contributed by atoms with Gasteiger partial charge in [-0.1, -0.05) is 20.3 Å². The molecule has 3 nitrogen and oxygen atoms in total. The van der Waals surface area contributed by atoms with E-state index in [1.165, 1.54) is 13.8 Å². The summed E-state index contributed by atoms with van der Waals surface area (Å²) in [5, 5.41) is 0. The Kier molecular flexibility index (Phi) is 4.14. The fourth-order valence-corrected chi connectivity index (χ4v) is 3.76. The van der Waals surface area contributed by atoms with E-state index >= 15 is 0 Å². The first kappa shape index (κ1) is 15.1. The highest BCUT2D eigenvalue weighted by Gasteiger charge is 2.59. The van der Waals surface area contributed by atoms with Gasteiger partial charge in [0.1, 0.15) is 17.3 Å². The van der Waals surface area contributed by atoms with Gasteiger partial charge >= 0.3 is 0 Å². The summed E-state index contributed by atoms with van der Waals surface area (Å²) < 4.78 is 0. The molecule has 3 heteroatoms. The number of ketones is 3. The standard InChI is InChI=1S/C15H24O3/c1-6-13-8-15(11(4)17,12(5)18)9-14(13,7-2)10(3)16/h13H,6-9H2,1-5H3. The van der Waals surface area contributed by atoms with Gasteiger partial charge in [0.25, 0.3) is 0 Å². The molecular formula is C15H24O3. The number of hydrogen-bond donors (Lipinski definition) is 0. The molecule has 0 aromatic carbocycles. The maximum absolute atomic E-state index is 12.1. The molecule has 0 amide bonds. The second-order valence-corrected chi connectivity index (χ2v) is 5.75. The van der Waals surface area contributed by atoms with Crippen molar-refractivity contribution in [1.82, 2.24) is 0 Å². The van der Waals surface area contributed by atoms with Crippen LogP contribution < -0.4 is 0 Å². The minimum absolute atomic E-state index is 0.0787. The van der Waals surface area contributed by atoms with E-state index in [-0.39, 0.29) is 23.3 Å². The van der Waals surface area contributed by atoms with Gasteiger partial charge < -0.3 is 0 Å². The molecule has 2 unspecified atom stereocenters. The molecule has 1 rings (SSSR count). The molecule has 18 heavy (non-hydrogen) atoms. The number of Topliss-reactive ketones (excluding diaryl/α,β-unsaturated/α-hetero) is 3. The molecule has 0 bridgehead atoms. The van der Waals surface area contributed by atoms with Crippen LogP contribution in [0.4, 0.5) is 0 Å². The van der Waals surface area contributed by atoms with E-state index in [2.05, 4.69) is 0 Å². The quantitative estimate of drug-likeness (QED) is 0.707. The summed E-state index contributed by atoms with van der Waals surface area (Å²) in [7, 11) is 0. The molecule has 0 heterocycles. The van der Waals surface area contributed by atoms with Crippen LogP contribution in [0.25, 0.3) is 0 Å². The second-order valence-electron chi connectivity index (χ2n) is 5.75. The monoisotopic (exact) mass is 252 g/mol. The summed E-state index contributed by atoms with van der Waals surface area (Å²) in [4.78, 5) is 36.0. The Morgan fingerprint density at radius 2 is 1.50 bits per heavy atom. The SMILES string of the molecule is CCC1CC(C(C)=O)(C(C)=O)CC1(CC)C(C)=O. The maximum atomic E-state index is 12.1. The van der Waals surface area contributed by atoms with Crippen LogP contribution in [0, 0.1) is 16.7 Å². The highest BCUT2D eigenvalue weighted by atomic mass is 16.2. The lowest BCUT2D eigenvalue weighted by Crippen LogP contribution is -2.37. The third kappa shape index (κ3) is 1.94. The predicted octanol–water partition coefficient (Wildman–Crippen LogP) is 2.96. The average Bonchev–Trinajstić information content (AvgIpc) is 2.66. The first-order valence-electron chi connectivity index (χ1n) is 6.80. The van der Waals surface area contributed by atoms with Gasteiger partial charge in [-0.15, -0.1) is 0 Å². The lowest BCUT2D eigenvalue weighted by molar-refractivity contribution is -0.139. The molecule has 1 saturated carbocycles. The van der Waals surface area contributed by atoms with Crippen molar-refractivity contribution in [2.45, 2.75) is 60.3 Å². The molecule has 1 aliphatic carbocycles. The Morgan fingerprint density at radius 3 is 1.72 bits per heavy atom. The fraction of sp³-hybridized carbons (Fsp3) is 0.800. The highest BCUT2D eigenvalue weighted by molar-refractivity contribution is 6.06. The van der Waals surface area contributed by atoms with Crippen molar-refractivity contribution in [3.05, 3.63) is 0 Å². The van der Waals surface area contributed by atoms with E-state index in [0.29, 0.717) is 19.3 Å². The van der Waals surface area contributed by atoms with Gasteiger partial charge in [-0.2, -0.15) is 0 Å². The van der Waals surface area contributed by atoms with Crippen molar-refractivity contribution in [3.63, 3.8) is 0 Å². The van der Waals surface area contributed by atoms with E-state index < -0.39 is 10.8 Å². The van der Waals surface area contributed by atoms with E-state index in [0.717, 1.165) is 6.42 Å². The Hall–Kier alpha value is -0.990. The van der Waals surface area contributed by atoms with Crippen molar-refractivity contribution >= 4 is 17.3 Å². The van der Waals surface area contributed by atoms with Gasteiger partial charge in [0, 0.05) is 5.41 Å². The topological polar surface area (TPSA) is 51.2 Å². The molecule has 1 fully saturated rings. The molecule has 0 radical (unpaired) electrons. The second kappa shape index (κ2) is 4.94. The zero-order valence-electron chi connectivity index (χ0n) is 12.1. The lowest BCUT2D eigenvalue weighted by atomic mass is 9.70. The van der Waals surface area contributed by atoms with Crippen molar-refractivity contribution < 1.29 is 14.4 Å². The van der Waals surface area contributed by atoms with Gasteiger partial charge in [-0.05, 0) is 46.0 Å². The van der Waals surface area contributed by atoms with E-state index in [1.54, 1.807) is 6.92 Å². The molecule has 0 spiro atoms. The van der Waals surface area contributed by atoms with E-state index in [9.17, 15) is 14.4 Å². The maximum Gasteiger partial charge on any atom is 0.143 e. The molecule has 0 aromatic rings. The molecular weight excluding hydrogens is 228 g/mol. The highest BCUT2D eigenvalue weighted by Crippen LogP contribution is 2.57. The summed E-state index contributed by atoms with van der Waals surface area (Å²) in [6.45, 7) is 8.59. The average molecular weight is 252 g/mol. The first-order chi connectivity index (χ1) is 8.26. The Labute approximate surface area is 109 Å². The third-order valence-corrected chi connectivity index (χ3v) is 5.17. The molecule has 2 atom stereocenters. The first-order valence-corrected chi connectivity index (χ1v) is 6.80. The van der Waals surface area contributed by atoms with Crippen molar-refractivity contribution in [2.24, 2.45) is 16.7 Å². The molecule has 102 valence electrons. The summed E-state index contributed by atoms with van der Waals surface area (Å²) >= 11 is 0. The zero-order chi connectivity index (χ0) is 14.1. The smallest absolute Gasteiger partial charge is 0.143 e. The van der Waals surface area contributed by atoms with E-state index in [1.807, 2.05) is 13.8 Å². The van der Waals surface area contributed by atoms with Crippen LogP contribution >= 0.6 is 0 Å². The number of carbonyl (C=O) groups is 3. The molecule has 0 saturated heterocycles. The number of hydrogen-bond acceptors (Lipinski definition) is 3. The van der Waals surface area contributed by atoms with Crippen LogP contribution in [0.3, 0.4) is 0 Å². The van der Waals surface area contributed by atoms with E-state index in [4.69, 9.17) is 0 Å². The van der Waals surface area contributed by atoms with Crippen LogP contribution in [0.5, 0.6) is 0 Å². The predicted molar refractivity (Wildman–Crippen MR) is 70.2 cm³/mol. The Morgan fingerprint density at radius 1 is 1.00 bits per heavy atom. The minimum Gasteiger partial charge on any atom is -0.299 e. The summed E-state index contributed by atoms with van der Waals surface area (Å²) in [6.07, 6.45) is 2.51. The Bertz CT molecular complexity index is 369. The largest absolute Gasteiger partial charge is 0.299 e. The molecule has 0 aliphatic heterocycles. The van der Waals surface area contributed by atoms with Crippen LogP contribution in [0.15, 0.2) is 0 Å². The molecule has 0 N–H and O–H groups in total. The van der Waals surface area contributed by atoms with Gasteiger partial charge in [-0.25, -0.2) is 0 Å². The van der Waals surface area contributed by atoms with Crippen LogP contribution in [-0.2, 0) is 14.4 Å². The van der Waals surface area contributed by atoms with Crippen molar-refractivity contribution in [2.75, 3.05) is 0 Å². The third-order valence-electron chi connectivity index (χ3n) is 5.17. The molecule has 0 aromatic heterocycles. The van der Waals surface area contributed by atoms with Crippen LogP contribution in [0.1, 0.15) is 60.3 Å². The lowest BCUT2D eigenvalue weighted by Gasteiger charge is -2.32. The van der Waals surface area contributed by atoms with Gasteiger partial charge in [0.15, 0.2) is 0 Å². The number of rotatable bonds is 5. The van der Waals surface area contributed by atoms with Crippen molar-refractivity contribution in [1.29, 1.82) is 0 Å². The van der Waals surface area contributed by atoms with Gasteiger partial charge in [0.05, 0.1) is 5.41 Å². The van der Waals surface area contributed by atoms with Crippen molar-refractivity contribution in [3.8, 4) is 0 Å². The minimum atomic E-state index is -0.914. The zero-order valence-corrected chi connectivity index (χ0v) is 12.1. The summed E-state index contributed by atoms with van der Waals surface area (Å²) in [5.74, 6) is 0.115. The fourth-order valence-electron chi connectivity index (χ4n) is 3.76. The van der Waals surface area contributed by atoms with Crippen LogP contribution in [0.2, 0.25) is 0 Å². The number of carbonyl (C=O) groups excluding carboxylic acids is 3. The normalized spacial score (nSPS) is 30.2. The molecule has 1 aliphatic rings. The summed E-state index contributed by atoms with van der Waals surface area (Å²) in [5.41, 5.74) is -1.39. The Balaban J connectivity index is 3.31. The van der Waals surface area contributed by atoms with Crippen LogP contribution in [-0.4, -0.2) is 17.3 Å². The van der Waals surface area contributed by atoms with Gasteiger partial charge in [-0.3, -0.25) is 14.4 Å². The summed E-state index contributed by atoms with van der Waals surface area (Å²) in [6, 6.07) is 0.